The average Bonchev–Trinajstić information content (AvgIpc) is 2.55. The summed E-state index contributed by atoms with van der Waals surface area (Å²) in [5.74, 6) is 0.427. The van der Waals surface area contributed by atoms with Crippen molar-refractivity contribution in [1.82, 2.24) is 10.3 Å². The molecule has 1 amide bonds. The minimum absolute atomic E-state index is 0.129. The van der Waals surface area contributed by atoms with E-state index >= 15 is 0 Å². The molecule has 1 aromatic heterocycles. The highest BCUT2D eigenvalue weighted by molar-refractivity contribution is 5.94. The van der Waals surface area contributed by atoms with Gasteiger partial charge in [0, 0.05) is 31.0 Å². The van der Waals surface area contributed by atoms with E-state index in [1.807, 2.05) is 31.2 Å². The fourth-order valence-corrected chi connectivity index (χ4v) is 2.02. The molecule has 5 nitrogen and oxygen atoms in total. The molecule has 0 aliphatic heterocycles. The molecule has 22 heavy (non-hydrogen) atoms. The van der Waals surface area contributed by atoms with E-state index in [2.05, 4.69) is 10.3 Å². The number of hydrogen-bond donors (Lipinski definition) is 1. The van der Waals surface area contributed by atoms with E-state index in [0.717, 1.165) is 11.1 Å². The second-order valence-electron chi connectivity index (χ2n) is 4.71. The van der Waals surface area contributed by atoms with E-state index in [4.69, 9.17) is 9.47 Å². The van der Waals surface area contributed by atoms with Crippen molar-refractivity contribution in [3.8, 4) is 5.88 Å². The van der Waals surface area contributed by atoms with Crippen molar-refractivity contribution in [3.05, 3.63) is 59.3 Å². The largest absolute Gasteiger partial charge is 0.478 e. The summed E-state index contributed by atoms with van der Waals surface area (Å²) in [7, 11) is 1.64. The maximum atomic E-state index is 12.2. The zero-order valence-electron chi connectivity index (χ0n) is 12.8. The van der Waals surface area contributed by atoms with E-state index in [1.54, 1.807) is 25.4 Å². The summed E-state index contributed by atoms with van der Waals surface area (Å²) in [5.41, 5.74) is 2.50. The van der Waals surface area contributed by atoms with Gasteiger partial charge < -0.3 is 14.8 Å². The van der Waals surface area contributed by atoms with Gasteiger partial charge in [0.1, 0.15) is 0 Å². The number of rotatable bonds is 7. The second-order valence-corrected chi connectivity index (χ2v) is 4.71. The van der Waals surface area contributed by atoms with Gasteiger partial charge in [-0.25, -0.2) is 4.98 Å². The number of nitrogens with one attached hydrogen (secondary N) is 1. The Morgan fingerprint density at radius 2 is 2.00 bits per heavy atom. The van der Waals surface area contributed by atoms with Crippen LogP contribution in [0.2, 0.25) is 0 Å². The maximum Gasteiger partial charge on any atom is 0.251 e. The highest BCUT2D eigenvalue weighted by Gasteiger charge is 2.08. The maximum absolute atomic E-state index is 12.2. The fourth-order valence-electron chi connectivity index (χ4n) is 2.02. The third kappa shape index (κ3) is 4.30. The van der Waals surface area contributed by atoms with E-state index in [1.165, 1.54) is 0 Å². The number of aromatic nitrogens is 1. The summed E-state index contributed by atoms with van der Waals surface area (Å²) in [5, 5.41) is 2.88. The van der Waals surface area contributed by atoms with Crippen LogP contribution in [0, 0.1) is 0 Å². The summed E-state index contributed by atoms with van der Waals surface area (Å²) in [6.45, 7) is 3.36. The number of methoxy groups -OCH3 is 1. The van der Waals surface area contributed by atoms with Crippen molar-refractivity contribution < 1.29 is 14.3 Å². The Labute approximate surface area is 130 Å². The molecule has 0 unspecified atom stereocenters. The molecule has 116 valence electrons. The fraction of sp³-hybridized carbons (Fsp3) is 0.294. The highest BCUT2D eigenvalue weighted by Crippen LogP contribution is 2.14. The molecule has 2 aromatic rings. The Morgan fingerprint density at radius 1 is 1.23 bits per heavy atom. The highest BCUT2D eigenvalue weighted by atomic mass is 16.5. The summed E-state index contributed by atoms with van der Waals surface area (Å²) >= 11 is 0. The van der Waals surface area contributed by atoms with Gasteiger partial charge in [0.15, 0.2) is 0 Å². The molecule has 0 spiro atoms. The van der Waals surface area contributed by atoms with Crippen LogP contribution in [-0.4, -0.2) is 24.6 Å². The van der Waals surface area contributed by atoms with Crippen molar-refractivity contribution in [3.63, 3.8) is 0 Å². The smallest absolute Gasteiger partial charge is 0.251 e. The van der Waals surface area contributed by atoms with E-state index in [9.17, 15) is 4.79 Å². The van der Waals surface area contributed by atoms with Gasteiger partial charge in [-0.3, -0.25) is 4.79 Å². The molecular formula is C17H20N2O3. The number of nitrogens with zero attached hydrogens (tertiary/aromatic N) is 1. The Hall–Kier alpha value is -2.40. The van der Waals surface area contributed by atoms with Crippen LogP contribution in [0.3, 0.4) is 0 Å². The van der Waals surface area contributed by atoms with Crippen molar-refractivity contribution in [1.29, 1.82) is 0 Å². The van der Waals surface area contributed by atoms with Crippen LogP contribution in [0.25, 0.3) is 0 Å². The van der Waals surface area contributed by atoms with Gasteiger partial charge in [-0.05, 0) is 30.7 Å². The van der Waals surface area contributed by atoms with E-state index in [0.29, 0.717) is 31.2 Å². The number of amides is 1. The summed E-state index contributed by atoms with van der Waals surface area (Å²) in [6.07, 6.45) is 1.67. The first-order chi connectivity index (χ1) is 10.7. The van der Waals surface area contributed by atoms with E-state index in [-0.39, 0.29) is 5.91 Å². The standard InChI is InChI=1S/C17H20N2O3/c1-3-22-17-15(5-4-10-18-17)11-19-16(20)14-8-6-13(7-9-14)12-21-2/h4-10H,3,11-12H2,1-2H3,(H,19,20). The van der Waals surface area contributed by atoms with Crippen molar-refractivity contribution in [2.45, 2.75) is 20.1 Å². The van der Waals surface area contributed by atoms with Gasteiger partial charge in [-0.1, -0.05) is 18.2 Å². The molecule has 0 aliphatic rings. The van der Waals surface area contributed by atoms with Gasteiger partial charge >= 0.3 is 0 Å². The molecule has 0 saturated carbocycles. The molecule has 0 aliphatic carbocycles. The van der Waals surface area contributed by atoms with Gasteiger partial charge in [-0.2, -0.15) is 0 Å². The molecule has 1 N–H and O–H groups in total. The van der Waals surface area contributed by atoms with Gasteiger partial charge in [0.05, 0.1) is 13.2 Å². The molecule has 1 aromatic carbocycles. The van der Waals surface area contributed by atoms with Crippen molar-refractivity contribution in [2.24, 2.45) is 0 Å². The van der Waals surface area contributed by atoms with Gasteiger partial charge in [0.2, 0.25) is 5.88 Å². The first kappa shape index (κ1) is 16.0. The van der Waals surface area contributed by atoms with Crippen molar-refractivity contribution >= 4 is 5.91 Å². The lowest BCUT2D eigenvalue weighted by Gasteiger charge is -2.10. The Bertz CT molecular complexity index is 612. The molecule has 2 rings (SSSR count). The lowest BCUT2D eigenvalue weighted by molar-refractivity contribution is 0.0950. The van der Waals surface area contributed by atoms with Crippen LogP contribution in [0.15, 0.2) is 42.6 Å². The Kier molecular flexibility index (Phi) is 5.91. The van der Waals surface area contributed by atoms with E-state index < -0.39 is 0 Å². The van der Waals surface area contributed by atoms with Gasteiger partial charge in [0.25, 0.3) is 5.91 Å². The molecule has 0 atom stereocenters. The van der Waals surface area contributed by atoms with Crippen LogP contribution >= 0.6 is 0 Å². The summed E-state index contributed by atoms with van der Waals surface area (Å²) in [6, 6.07) is 11.1. The number of carbonyl (C=O) groups is 1. The molecule has 1 heterocycles. The predicted molar refractivity (Wildman–Crippen MR) is 83.7 cm³/mol. The number of pyridine rings is 1. The topological polar surface area (TPSA) is 60.5 Å². The Balaban J connectivity index is 1.97. The van der Waals surface area contributed by atoms with Crippen LogP contribution in [-0.2, 0) is 17.9 Å². The minimum atomic E-state index is -0.129. The average molecular weight is 300 g/mol. The zero-order chi connectivity index (χ0) is 15.8. The number of hydrogen-bond acceptors (Lipinski definition) is 4. The summed E-state index contributed by atoms with van der Waals surface area (Å²) < 4.78 is 10.5. The van der Waals surface area contributed by atoms with Crippen LogP contribution < -0.4 is 10.1 Å². The monoisotopic (exact) mass is 300 g/mol. The molecule has 5 heteroatoms. The minimum Gasteiger partial charge on any atom is -0.478 e. The van der Waals surface area contributed by atoms with Crippen molar-refractivity contribution in [2.75, 3.05) is 13.7 Å². The molecule has 0 radical (unpaired) electrons. The molecular weight excluding hydrogens is 280 g/mol. The third-order valence-electron chi connectivity index (χ3n) is 3.10. The normalized spacial score (nSPS) is 10.3. The van der Waals surface area contributed by atoms with Gasteiger partial charge in [-0.15, -0.1) is 0 Å². The Morgan fingerprint density at radius 3 is 2.68 bits per heavy atom. The predicted octanol–water partition coefficient (Wildman–Crippen LogP) is 2.56. The lowest BCUT2D eigenvalue weighted by Crippen LogP contribution is -2.23. The number of ether oxygens (including phenoxy) is 2. The molecule has 0 bridgehead atoms. The summed E-state index contributed by atoms with van der Waals surface area (Å²) in [4.78, 5) is 16.3. The SMILES string of the molecule is CCOc1ncccc1CNC(=O)c1ccc(COC)cc1. The second kappa shape index (κ2) is 8.14. The quantitative estimate of drug-likeness (QED) is 0.853. The number of benzene rings is 1. The van der Waals surface area contributed by atoms with Crippen LogP contribution in [0.4, 0.5) is 0 Å². The molecule has 0 fully saturated rings. The molecule has 0 saturated heterocycles. The number of carbonyl (C=O) groups excluding carboxylic acids is 1. The third-order valence-corrected chi connectivity index (χ3v) is 3.10. The zero-order valence-corrected chi connectivity index (χ0v) is 12.8. The first-order valence-corrected chi connectivity index (χ1v) is 7.17. The first-order valence-electron chi connectivity index (χ1n) is 7.17. The van der Waals surface area contributed by atoms with Crippen LogP contribution in [0.5, 0.6) is 5.88 Å². The lowest BCUT2D eigenvalue weighted by atomic mass is 10.1. The van der Waals surface area contributed by atoms with Crippen LogP contribution in [0.1, 0.15) is 28.4 Å².